The van der Waals surface area contributed by atoms with Crippen molar-refractivity contribution in [2.24, 2.45) is 0 Å². The number of amides is 1. The van der Waals surface area contributed by atoms with Crippen LogP contribution in [0, 0.1) is 10.1 Å². The van der Waals surface area contributed by atoms with E-state index in [1.165, 1.54) is 11.3 Å². The number of anilines is 1. The molecule has 1 fully saturated rings. The minimum absolute atomic E-state index is 0.104. The molecule has 4 rings (SSSR count). The third-order valence-electron chi connectivity index (χ3n) is 5.27. The van der Waals surface area contributed by atoms with Gasteiger partial charge in [-0.15, -0.1) is 0 Å². The number of aryl methyl sites for hydroxylation is 1. The predicted molar refractivity (Wildman–Crippen MR) is 113 cm³/mol. The number of hydrogen-bond acceptors (Lipinski definition) is 8. The van der Waals surface area contributed by atoms with Gasteiger partial charge in [-0.3, -0.25) is 14.9 Å². The summed E-state index contributed by atoms with van der Waals surface area (Å²) in [6, 6.07) is 4.35. The van der Waals surface area contributed by atoms with Crippen molar-refractivity contribution >= 4 is 28.6 Å². The maximum absolute atomic E-state index is 12.9. The largest absolute Gasteiger partial charge is 0.416 e. The minimum atomic E-state index is -4.67. The Kier molecular flexibility index (Phi) is 6.31. The smallest absolute Gasteiger partial charge is 0.362 e. The molecule has 0 N–H and O–H groups in total. The van der Waals surface area contributed by atoms with Crippen LogP contribution < -0.4 is 4.90 Å². The van der Waals surface area contributed by atoms with E-state index in [0.29, 0.717) is 30.9 Å². The van der Waals surface area contributed by atoms with Crippen LogP contribution in [-0.2, 0) is 17.4 Å². The lowest BCUT2D eigenvalue weighted by molar-refractivity contribution is -0.384. The molecule has 1 aliphatic heterocycles. The normalized spacial score (nSPS) is 14.5. The Morgan fingerprint density at radius 2 is 1.97 bits per heavy atom. The fraction of sp³-hybridized carbons (Fsp3) is 0.350. The van der Waals surface area contributed by atoms with Crippen LogP contribution in [0.15, 0.2) is 39.5 Å². The van der Waals surface area contributed by atoms with Crippen molar-refractivity contribution in [2.45, 2.75) is 19.0 Å². The van der Waals surface area contributed by atoms with E-state index in [1.54, 1.807) is 9.80 Å². The first-order chi connectivity index (χ1) is 15.7. The number of hydrogen-bond donors (Lipinski definition) is 0. The monoisotopic (exact) mass is 481 g/mol. The number of nitro groups is 1. The molecule has 0 unspecified atom stereocenters. The Balaban J connectivity index is 1.34. The van der Waals surface area contributed by atoms with Gasteiger partial charge in [-0.2, -0.15) is 29.5 Å². The quantitative estimate of drug-likeness (QED) is 0.387. The number of thiophene rings is 1. The standard InChI is InChI=1S/C20H18F3N5O4S/c21-20(22,23)14-1-2-15(16(11-14)28(30)31)26-6-8-27(9-7-26)18(29)4-3-17-24-19(25-32-17)13-5-10-33-12-13/h1-2,5,10-12H,3-4,6-9H2. The Bertz CT molecular complexity index is 1140. The molecule has 13 heteroatoms. The lowest BCUT2D eigenvalue weighted by atomic mass is 10.1. The SMILES string of the molecule is O=C(CCc1nc(-c2ccsc2)no1)N1CCN(c2ccc(C(F)(F)F)cc2[N+](=O)[O-])CC1. The zero-order valence-electron chi connectivity index (χ0n) is 17.1. The van der Waals surface area contributed by atoms with Crippen LogP contribution in [0.1, 0.15) is 17.9 Å². The molecule has 33 heavy (non-hydrogen) atoms. The molecule has 1 aromatic carbocycles. The second-order valence-electron chi connectivity index (χ2n) is 7.35. The first-order valence-corrected chi connectivity index (χ1v) is 10.9. The fourth-order valence-corrected chi connectivity index (χ4v) is 4.18. The summed E-state index contributed by atoms with van der Waals surface area (Å²) >= 11 is 1.51. The summed E-state index contributed by atoms with van der Waals surface area (Å²) in [6.45, 7) is 1.11. The Morgan fingerprint density at radius 3 is 2.61 bits per heavy atom. The number of nitro benzene ring substituents is 1. The highest BCUT2D eigenvalue weighted by Crippen LogP contribution is 2.36. The predicted octanol–water partition coefficient (Wildman–Crippen LogP) is 4.01. The highest BCUT2D eigenvalue weighted by Gasteiger charge is 2.34. The van der Waals surface area contributed by atoms with E-state index in [-0.39, 0.29) is 37.5 Å². The van der Waals surface area contributed by atoms with Crippen molar-refractivity contribution in [3.05, 3.63) is 56.6 Å². The second kappa shape index (κ2) is 9.17. The molecule has 0 aliphatic carbocycles. The van der Waals surface area contributed by atoms with Crippen LogP contribution in [0.5, 0.6) is 0 Å². The van der Waals surface area contributed by atoms with Gasteiger partial charge in [0.25, 0.3) is 5.69 Å². The Hall–Kier alpha value is -3.48. The summed E-state index contributed by atoms with van der Waals surface area (Å²) in [5, 5.41) is 19.0. The van der Waals surface area contributed by atoms with E-state index in [1.807, 2.05) is 16.8 Å². The van der Waals surface area contributed by atoms with Crippen LogP contribution in [0.2, 0.25) is 0 Å². The number of nitrogens with zero attached hydrogens (tertiary/aromatic N) is 5. The van der Waals surface area contributed by atoms with Crippen molar-refractivity contribution in [3.8, 4) is 11.4 Å². The first-order valence-electron chi connectivity index (χ1n) is 9.96. The zero-order valence-corrected chi connectivity index (χ0v) is 17.9. The van der Waals surface area contributed by atoms with Gasteiger partial charge in [-0.25, -0.2) is 0 Å². The van der Waals surface area contributed by atoms with E-state index in [2.05, 4.69) is 10.1 Å². The Labute approximate surface area is 189 Å². The molecule has 9 nitrogen and oxygen atoms in total. The first kappa shape index (κ1) is 22.7. The molecule has 0 bridgehead atoms. The second-order valence-corrected chi connectivity index (χ2v) is 8.13. The number of aromatic nitrogens is 2. The third-order valence-corrected chi connectivity index (χ3v) is 5.96. The van der Waals surface area contributed by atoms with Gasteiger partial charge in [-0.1, -0.05) is 5.16 Å². The molecule has 2 aromatic heterocycles. The number of piperazine rings is 1. The van der Waals surface area contributed by atoms with E-state index >= 15 is 0 Å². The van der Waals surface area contributed by atoms with Gasteiger partial charge >= 0.3 is 6.18 Å². The van der Waals surface area contributed by atoms with Crippen molar-refractivity contribution in [3.63, 3.8) is 0 Å². The number of rotatable bonds is 6. The van der Waals surface area contributed by atoms with Crippen molar-refractivity contribution < 1.29 is 27.4 Å². The van der Waals surface area contributed by atoms with Crippen LogP contribution in [0.3, 0.4) is 0 Å². The highest BCUT2D eigenvalue weighted by molar-refractivity contribution is 7.08. The summed E-state index contributed by atoms with van der Waals surface area (Å²) < 4.78 is 43.9. The topological polar surface area (TPSA) is 106 Å². The lowest BCUT2D eigenvalue weighted by Crippen LogP contribution is -2.49. The number of carbonyl (C=O) groups excluding carboxylic acids is 1. The van der Waals surface area contributed by atoms with E-state index in [4.69, 9.17) is 4.52 Å². The number of alkyl halides is 3. The molecule has 0 radical (unpaired) electrons. The van der Waals surface area contributed by atoms with Gasteiger partial charge in [0, 0.05) is 56.0 Å². The van der Waals surface area contributed by atoms with Gasteiger partial charge in [0.15, 0.2) is 0 Å². The van der Waals surface area contributed by atoms with Crippen molar-refractivity contribution in [2.75, 3.05) is 31.1 Å². The van der Waals surface area contributed by atoms with E-state index < -0.39 is 22.4 Å². The summed E-state index contributed by atoms with van der Waals surface area (Å²) in [5.41, 5.74) is -0.737. The van der Waals surface area contributed by atoms with Gasteiger partial charge in [0.1, 0.15) is 5.69 Å². The molecule has 1 saturated heterocycles. The molecule has 174 valence electrons. The van der Waals surface area contributed by atoms with E-state index in [0.717, 1.165) is 17.7 Å². The van der Waals surface area contributed by atoms with Gasteiger partial charge in [0.05, 0.1) is 10.5 Å². The van der Waals surface area contributed by atoms with Crippen LogP contribution in [0.4, 0.5) is 24.5 Å². The van der Waals surface area contributed by atoms with Gasteiger partial charge < -0.3 is 14.3 Å². The van der Waals surface area contributed by atoms with Crippen LogP contribution >= 0.6 is 11.3 Å². The molecule has 1 aliphatic rings. The molecular weight excluding hydrogens is 463 g/mol. The van der Waals surface area contributed by atoms with Gasteiger partial charge in [0.2, 0.25) is 17.6 Å². The minimum Gasteiger partial charge on any atom is -0.362 e. The average Bonchev–Trinajstić information content (AvgIpc) is 3.48. The zero-order chi connectivity index (χ0) is 23.6. The maximum Gasteiger partial charge on any atom is 0.416 e. The highest BCUT2D eigenvalue weighted by atomic mass is 32.1. The molecule has 0 spiro atoms. The Morgan fingerprint density at radius 1 is 1.21 bits per heavy atom. The lowest BCUT2D eigenvalue weighted by Gasteiger charge is -2.36. The molecule has 3 aromatic rings. The van der Waals surface area contributed by atoms with Crippen molar-refractivity contribution in [1.82, 2.24) is 15.0 Å². The molecule has 0 saturated carbocycles. The summed E-state index contributed by atoms with van der Waals surface area (Å²) in [5.74, 6) is 0.681. The molecular formula is C20H18F3N5O4S. The molecule has 0 atom stereocenters. The summed E-state index contributed by atoms with van der Waals surface area (Å²) in [7, 11) is 0. The number of halogens is 3. The third kappa shape index (κ3) is 5.13. The van der Waals surface area contributed by atoms with Gasteiger partial charge in [-0.05, 0) is 23.6 Å². The molecule has 3 heterocycles. The molecule has 1 amide bonds. The van der Waals surface area contributed by atoms with E-state index in [9.17, 15) is 28.1 Å². The number of benzene rings is 1. The fourth-order valence-electron chi connectivity index (χ4n) is 3.55. The average molecular weight is 481 g/mol. The summed E-state index contributed by atoms with van der Waals surface area (Å²) in [6.07, 6.45) is -4.23. The van der Waals surface area contributed by atoms with Crippen LogP contribution in [-0.4, -0.2) is 52.1 Å². The summed E-state index contributed by atoms with van der Waals surface area (Å²) in [4.78, 5) is 30.6. The van der Waals surface area contributed by atoms with Crippen molar-refractivity contribution in [1.29, 1.82) is 0 Å². The van der Waals surface area contributed by atoms with Crippen LogP contribution in [0.25, 0.3) is 11.4 Å². The number of carbonyl (C=O) groups is 1. The maximum atomic E-state index is 12.9.